The van der Waals surface area contributed by atoms with Crippen molar-refractivity contribution in [3.05, 3.63) is 54.1 Å². The highest BCUT2D eigenvalue weighted by atomic mass is 32.2. The summed E-state index contributed by atoms with van der Waals surface area (Å²) in [5, 5.41) is 11.5. The molecule has 11 heteroatoms. The van der Waals surface area contributed by atoms with Crippen LogP contribution in [0, 0.1) is 5.92 Å². The van der Waals surface area contributed by atoms with E-state index in [1.54, 1.807) is 19.2 Å². The summed E-state index contributed by atoms with van der Waals surface area (Å²) in [6, 6.07) is 12.8. The van der Waals surface area contributed by atoms with Gasteiger partial charge in [0.1, 0.15) is 11.5 Å². The molecule has 0 fully saturated rings. The first kappa shape index (κ1) is 26.1. The lowest BCUT2D eigenvalue weighted by Gasteiger charge is -2.23. The fourth-order valence-electron chi connectivity index (χ4n) is 2.85. The molecular formula is C22H29N3O7S. The van der Waals surface area contributed by atoms with Gasteiger partial charge in [0, 0.05) is 13.1 Å². The molecule has 2 aromatic rings. The number of nitrogens with zero attached hydrogens (tertiary/aromatic N) is 1. The van der Waals surface area contributed by atoms with Gasteiger partial charge in [-0.1, -0.05) is 26.0 Å². The van der Waals surface area contributed by atoms with E-state index in [2.05, 4.69) is 5.32 Å². The smallest absolute Gasteiger partial charge is 0.258 e. The SMILES string of the molecule is COc1ccc(CNC(=O)COc2ccc(S(=O)(=O)N(CC(=O)NO)CC(C)C)cc2)cc1. The monoisotopic (exact) mass is 479 g/mol. The van der Waals surface area contributed by atoms with Crippen LogP contribution in [0.25, 0.3) is 0 Å². The number of hydroxylamine groups is 1. The number of benzene rings is 2. The van der Waals surface area contributed by atoms with Crippen LogP contribution in [-0.2, 0) is 26.2 Å². The van der Waals surface area contributed by atoms with Gasteiger partial charge in [0.15, 0.2) is 6.61 Å². The van der Waals surface area contributed by atoms with Gasteiger partial charge >= 0.3 is 0 Å². The largest absolute Gasteiger partial charge is 0.497 e. The van der Waals surface area contributed by atoms with Gasteiger partial charge in [-0.05, 0) is 47.9 Å². The zero-order chi connectivity index (χ0) is 24.4. The molecule has 0 aromatic heterocycles. The predicted octanol–water partition coefficient (Wildman–Crippen LogP) is 1.54. The van der Waals surface area contributed by atoms with Gasteiger partial charge in [-0.15, -0.1) is 0 Å². The summed E-state index contributed by atoms with van der Waals surface area (Å²) in [6.45, 7) is 3.31. The molecule has 0 aliphatic heterocycles. The highest BCUT2D eigenvalue weighted by Gasteiger charge is 2.27. The molecule has 0 spiro atoms. The van der Waals surface area contributed by atoms with Crippen molar-refractivity contribution in [1.29, 1.82) is 0 Å². The minimum absolute atomic E-state index is 0.0368. The Morgan fingerprint density at radius 1 is 1.00 bits per heavy atom. The lowest BCUT2D eigenvalue weighted by atomic mass is 10.2. The molecule has 180 valence electrons. The van der Waals surface area contributed by atoms with E-state index in [9.17, 15) is 18.0 Å². The molecule has 0 atom stereocenters. The summed E-state index contributed by atoms with van der Waals surface area (Å²) in [5.74, 6) is -0.161. The summed E-state index contributed by atoms with van der Waals surface area (Å²) >= 11 is 0. The van der Waals surface area contributed by atoms with Crippen LogP contribution in [-0.4, -0.2) is 56.6 Å². The second kappa shape index (κ2) is 12.2. The van der Waals surface area contributed by atoms with Gasteiger partial charge in [-0.3, -0.25) is 14.8 Å². The number of methoxy groups -OCH3 is 1. The predicted molar refractivity (Wildman–Crippen MR) is 120 cm³/mol. The molecule has 3 N–H and O–H groups in total. The maximum Gasteiger partial charge on any atom is 0.258 e. The summed E-state index contributed by atoms with van der Waals surface area (Å²) < 4.78 is 37.3. The Kier molecular flexibility index (Phi) is 9.64. The fourth-order valence-corrected chi connectivity index (χ4v) is 4.41. The van der Waals surface area contributed by atoms with Crippen molar-refractivity contribution in [3.63, 3.8) is 0 Å². The Bertz CT molecular complexity index is 1020. The standard InChI is InChI=1S/C22H29N3O7S/c1-16(2)13-25(14-21(26)24-28)33(29,30)20-10-8-19(9-11-20)32-15-22(27)23-12-17-4-6-18(31-3)7-5-17/h4-11,16,28H,12-15H2,1-3H3,(H,23,27)(H,24,26). The molecule has 0 saturated carbocycles. The molecular weight excluding hydrogens is 450 g/mol. The van der Waals surface area contributed by atoms with Crippen molar-refractivity contribution in [2.45, 2.75) is 25.3 Å². The summed E-state index contributed by atoms with van der Waals surface area (Å²) in [5.41, 5.74) is 2.35. The normalized spacial score (nSPS) is 11.3. The first-order chi connectivity index (χ1) is 15.6. The third kappa shape index (κ3) is 8.04. The van der Waals surface area contributed by atoms with Gasteiger partial charge in [0.25, 0.3) is 11.8 Å². The maximum absolute atomic E-state index is 12.9. The second-order valence-corrected chi connectivity index (χ2v) is 9.55. The lowest BCUT2D eigenvalue weighted by Crippen LogP contribution is -2.41. The van der Waals surface area contributed by atoms with Gasteiger partial charge in [0.05, 0.1) is 18.6 Å². The maximum atomic E-state index is 12.9. The van der Waals surface area contributed by atoms with Crippen molar-refractivity contribution in [2.24, 2.45) is 5.92 Å². The number of hydrogen-bond donors (Lipinski definition) is 3. The van der Waals surface area contributed by atoms with Crippen LogP contribution in [0.2, 0.25) is 0 Å². The first-order valence-electron chi connectivity index (χ1n) is 10.2. The first-order valence-corrected chi connectivity index (χ1v) is 11.6. The number of hydrogen-bond acceptors (Lipinski definition) is 7. The van der Waals surface area contributed by atoms with Crippen LogP contribution >= 0.6 is 0 Å². The molecule has 0 bridgehead atoms. The zero-order valence-electron chi connectivity index (χ0n) is 18.8. The van der Waals surface area contributed by atoms with E-state index >= 15 is 0 Å². The van der Waals surface area contributed by atoms with E-state index in [1.807, 2.05) is 26.0 Å². The molecule has 33 heavy (non-hydrogen) atoms. The van der Waals surface area contributed by atoms with E-state index in [4.69, 9.17) is 14.7 Å². The van der Waals surface area contributed by atoms with Crippen LogP contribution in [0.3, 0.4) is 0 Å². The van der Waals surface area contributed by atoms with E-state index < -0.39 is 22.5 Å². The second-order valence-electron chi connectivity index (χ2n) is 7.61. The van der Waals surface area contributed by atoms with E-state index in [-0.39, 0.29) is 29.9 Å². The van der Waals surface area contributed by atoms with Crippen molar-refractivity contribution >= 4 is 21.8 Å². The molecule has 10 nitrogen and oxygen atoms in total. The van der Waals surface area contributed by atoms with Crippen LogP contribution < -0.4 is 20.3 Å². The fraction of sp³-hybridized carbons (Fsp3) is 0.364. The number of ether oxygens (including phenoxy) is 2. The highest BCUT2D eigenvalue weighted by Crippen LogP contribution is 2.20. The molecule has 0 aliphatic carbocycles. The number of amides is 2. The van der Waals surface area contributed by atoms with Crippen molar-refractivity contribution < 1.29 is 32.7 Å². The summed E-state index contributed by atoms with van der Waals surface area (Å²) in [7, 11) is -2.40. The molecule has 2 aromatic carbocycles. The Hall–Kier alpha value is -3.15. The minimum atomic E-state index is -3.98. The number of carbonyl (C=O) groups is 2. The lowest BCUT2D eigenvalue weighted by molar-refractivity contribution is -0.129. The average molecular weight is 480 g/mol. The summed E-state index contributed by atoms with van der Waals surface area (Å²) in [6.07, 6.45) is 0. The topological polar surface area (TPSA) is 134 Å². The van der Waals surface area contributed by atoms with Crippen molar-refractivity contribution in [3.8, 4) is 11.5 Å². The molecule has 2 amide bonds. The van der Waals surface area contributed by atoms with Gasteiger partial charge < -0.3 is 14.8 Å². The molecule has 0 heterocycles. The third-order valence-electron chi connectivity index (χ3n) is 4.49. The average Bonchev–Trinajstić information content (AvgIpc) is 2.81. The van der Waals surface area contributed by atoms with Gasteiger partial charge in [0.2, 0.25) is 10.0 Å². The van der Waals surface area contributed by atoms with E-state index in [0.717, 1.165) is 15.6 Å². The number of rotatable bonds is 12. The van der Waals surface area contributed by atoms with Crippen LogP contribution in [0.15, 0.2) is 53.4 Å². The van der Waals surface area contributed by atoms with Gasteiger partial charge in [-0.25, -0.2) is 13.9 Å². The Morgan fingerprint density at radius 3 is 2.15 bits per heavy atom. The zero-order valence-corrected chi connectivity index (χ0v) is 19.6. The number of sulfonamides is 1. The van der Waals surface area contributed by atoms with Gasteiger partial charge in [-0.2, -0.15) is 4.31 Å². The van der Waals surface area contributed by atoms with Crippen LogP contribution in [0.1, 0.15) is 19.4 Å². The summed E-state index contributed by atoms with van der Waals surface area (Å²) in [4.78, 5) is 23.5. The Labute approximate surface area is 193 Å². The van der Waals surface area contributed by atoms with E-state index in [1.165, 1.54) is 29.7 Å². The minimum Gasteiger partial charge on any atom is -0.497 e. The highest BCUT2D eigenvalue weighted by molar-refractivity contribution is 7.89. The van der Waals surface area contributed by atoms with Crippen LogP contribution in [0.4, 0.5) is 0 Å². The molecule has 0 aliphatic rings. The van der Waals surface area contributed by atoms with E-state index in [0.29, 0.717) is 12.3 Å². The Balaban J connectivity index is 1.94. The quantitative estimate of drug-likeness (QED) is 0.310. The van der Waals surface area contributed by atoms with Crippen molar-refractivity contribution in [2.75, 3.05) is 26.8 Å². The molecule has 0 unspecified atom stereocenters. The number of nitrogens with one attached hydrogen (secondary N) is 2. The molecule has 2 rings (SSSR count). The number of carbonyl (C=O) groups excluding carboxylic acids is 2. The molecule has 0 radical (unpaired) electrons. The van der Waals surface area contributed by atoms with Crippen molar-refractivity contribution in [1.82, 2.24) is 15.1 Å². The Morgan fingerprint density at radius 2 is 1.61 bits per heavy atom. The third-order valence-corrected chi connectivity index (χ3v) is 6.32. The van der Waals surface area contributed by atoms with Crippen LogP contribution in [0.5, 0.6) is 11.5 Å². The molecule has 0 saturated heterocycles.